The highest BCUT2D eigenvalue weighted by Crippen LogP contribution is 2.23. The SMILES string of the molecule is COc1ccc2cc(S(=O)(=O)NCCOc3ccc(C)cc3C)ccc2c1. The van der Waals surface area contributed by atoms with Crippen molar-refractivity contribution in [1.29, 1.82) is 0 Å². The largest absolute Gasteiger partial charge is 0.497 e. The molecule has 0 radical (unpaired) electrons. The summed E-state index contributed by atoms with van der Waals surface area (Å²) in [4.78, 5) is 0.228. The van der Waals surface area contributed by atoms with Gasteiger partial charge in [0, 0.05) is 6.54 Å². The molecule has 0 amide bonds. The van der Waals surface area contributed by atoms with Crippen molar-refractivity contribution < 1.29 is 17.9 Å². The van der Waals surface area contributed by atoms with Gasteiger partial charge < -0.3 is 9.47 Å². The van der Waals surface area contributed by atoms with Crippen molar-refractivity contribution in [3.63, 3.8) is 0 Å². The lowest BCUT2D eigenvalue weighted by atomic mass is 10.1. The van der Waals surface area contributed by atoms with Crippen LogP contribution in [-0.2, 0) is 10.0 Å². The van der Waals surface area contributed by atoms with Crippen LogP contribution in [0.25, 0.3) is 10.8 Å². The number of hydrogen-bond donors (Lipinski definition) is 1. The van der Waals surface area contributed by atoms with Crippen molar-refractivity contribution in [2.75, 3.05) is 20.3 Å². The molecule has 5 nitrogen and oxygen atoms in total. The topological polar surface area (TPSA) is 64.6 Å². The molecule has 0 atom stereocenters. The zero-order chi connectivity index (χ0) is 19.4. The van der Waals surface area contributed by atoms with Crippen LogP contribution in [0.4, 0.5) is 0 Å². The molecule has 27 heavy (non-hydrogen) atoms. The minimum atomic E-state index is -3.60. The van der Waals surface area contributed by atoms with Gasteiger partial charge in [-0.15, -0.1) is 0 Å². The molecule has 0 aromatic heterocycles. The Kier molecular flexibility index (Phi) is 5.68. The molecule has 0 unspecified atom stereocenters. The predicted molar refractivity (Wildman–Crippen MR) is 107 cm³/mol. The van der Waals surface area contributed by atoms with Crippen LogP contribution >= 0.6 is 0 Å². The van der Waals surface area contributed by atoms with Gasteiger partial charge in [0.25, 0.3) is 0 Å². The van der Waals surface area contributed by atoms with E-state index in [0.29, 0.717) is 0 Å². The Hall–Kier alpha value is -2.57. The van der Waals surface area contributed by atoms with Gasteiger partial charge in [0.1, 0.15) is 18.1 Å². The van der Waals surface area contributed by atoms with Crippen LogP contribution in [0.3, 0.4) is 0 Å². The van der Waals surface area contributed by atoms with Crippen LogP contribution in [-0.4, -0.2) is 28.7 Å². The fourth-order valence-corrected chi connectivity index (χ4v) is 3.93. The third-order valence-electron chi connectivity index (χ3n) is 4.31. The first-order chi connectivity index (χ1) is 12.9. The van der Waals surface area contributed by atoms with E-state index in [1.54, 1.807) is 25.3 Å². The van der Waals surface area contributed by atoms with Crippen molar-refractivity contribution >= 4 is 20.8 Å². The third-order valence-corrected chi connectivity index (χ3v) is 5.77. The molecule has 142 valence electrons. The summed E-state index contributed by atoms with van der Waals surface area (Å²) in [6.07, 6.45) is 0. The van der Waals surface area contributed by atoms with Crippen molar-refractivity contribution in [3.05, 3.63) is 65.7 Å². The molecular weight excluding hydrogens is 362 g/mol. The van der Waals surface area contributed by atoms with Gasteiger partial charge in [-0.25, -0.2) is 13.1 Å². The Morgan fingerprint density at radius 1 is 0.926 bits per heavy atom. The molecule has 0 heterocycles. The van der Waals surface area contributed by atoms with Crippen LogP contribution in [0.15, 0.2) is 59.5 Å². The van der Waals surface area contributed by atoms with Gasteiger partial charge in [0.15, 0.2) is 0 Å². The quantitative estimate of drug-likeness (QED) is 0.628. The molecule has 3 rings (SSSR count). The van der Waals surface area contributed by atoms with Crippen LogP contribution in [0.1, 0.15) is 11.1 Å². The predicted octanol–water partition coefficient (Wildman–Crippen LogP) is 3.82. The molecule has 3 aromatic carbocycles. The number of methoxy groups -OCH3 is 1. The van der Waals surface area contributed by atoms with Crippen molar-refractivity contribution in [3.8, 4) is 11.5 Å². The minimum absolute atomic E-state index is 0.191. The number of aryl methyl sites for hydroxylation is 2. The summed E-state index contributed by atoms with van der Waals surface area (Å²) in [6, 6.07) is 16.4. The number of ether oxygens (including phenoxy) is 2. The second-order valence-electron chi connectivity index (χ2n) is 6.39. The van der Waals surface area contributed by atoms with E-state index in [-0.39, 0.29) is 18.0 Å². The first kappa shape index (κ1) is 19.2. The highest BCUT2D eigenvalue weighted by atomic mass is 32.2. The lowest BCUT2D eigenvalue weighted by Gasteiger charge is -2.11. The molecule has 1 N–H and O–H groups in total. The molecular formula is C21H23NO4S. The molecule has 0 fully saturated rings. The molecule has 0 spiro atoms. The Morgan fingerprint density at radius 3 is 2.41 bits per heavy atom. The maximum Gasteiger partial charge on any atom is 0.240 e. The van der Waals surface area contributed by atoms with Crippen LogP contribution < -0.4 is 14.2 Å². The average Bonchev–Trinajstić information content (AvgIpc) is 2.65. The van der Waals surface area contributed by atoms with Gasteiger partial charge in [0.2, 0.25) is 10.0 Å². The van der Waals surface area contributed by atoms with Gasteiger partial charge in [0.05, 0.1) is 12.0 Å². The Balaban J connectivity index is 1.65. The lowest BCUT2D eigenvalue weighted by molar-refractivity contribution is 0.320. The number of fused-ring (bicyclic) bond motifs is 1. The van der Waals surface area contributed by atoms with E-state index in [4.69, 9.17) is 9.47 Å². The molecule has 0 aliphatic rings. The second-order valence-corrected chi connectivity index (χ2v) is 8.16. The van der Waals surface area contributed by atoms with Gasteiger partial charge in [-0.1, -0.05) is 29.8 Å². The maximum atomic E-state index is 12.5. The number of benzene rings is 3. The van der Waals surface area contributed by atoms with Gasteiger partial charge in [-0.3, -0.25) is 0 Å². The van der Waals surface area contributed by atoms with E-state index >= 15 is 0 Å². The highest BCUT2D eigenvalue weighted by Gasteiger charge is 2.14. The molecule has 0 saturated carbocycles. The third kappa shape index (κ3) is 4.59. The molecule has 0 saturated heterocycles. The molecule has 0 bridgehead atoms. The van der Waals surface area contributed by atoms with Crippen LogP contribution in [0, 0.1) is 13.8 Å². The summed E-state index contributed by atoms with van der Waals surface area (Å²) >= 11 is 0. The molecule has 6 heteroatoms. The summed E-state index contributed by atoms with van der Waals surface area (Å²) in [7, 11) is -2.00. The van der Waals surface area contributed by atoms with Crippen LogP contribution in [0.2, 0.25) is 0 Å². The Morgan fingerprint density at radius 2 is 1.67 bits per heavy atom. The Bertz CT molecular complexity index is 1060. The van der Waals surface area contributed by atoms with Gasteiger partial charge in [-0.2, -0.15) is 0 Å². The maximum absolute atomic E-state index is 12.5. The number of sulfonamides is 1. The van der Waals surface area contributed by atoms with E-state index < -0.39 is 10.0 Å². The first-order valence-electron chi connectivity index (χ1n) is 8.66. The van der Waals surface area contributed by atoms with Crippen molar-refractivity contribution in [2.24, 2.45) is 0 Å². The normalized spacial score (nSPS) is 11.5. The van der Waals surface area contributed by atoms with Crippen molar-refractivity contribution in [1.82, 2.24) is 4.72 Å². The zero-order valence-electron chi connectivity index (χ0n) is 15.7. The minimum Gasteiger partial charge on any atom is -0.497 e. The summed E-state index contributed by atoms with van der Waals surface area (Å²) in [5.41, 5.74) is 2.19. The summed E-state index contributed by atoms with van der Waals surface area (Å²) < 4.78 is 38.5. The van der Waals surface area contributed by atoms with Crippen molar-refractivity contribution in [2.45, 2.75) is 18.7 Å². The van der Waals surface area contributed by atoms with E-state index in [1.165, 1.54) is 0 Å². The molecule has 0 aliphatic heterocycles. The van der Waals surface area contributed by atoms with Gasteiger partial charge >= 0.3 is 0 Å². The number of hydrogen-bond acceptors (Lipinski definition) is 4. The number of nitrogens with one attached hydrogen (secondary N) is 1. The van der Waals surface area contributed by atoms with Gasteiger partial charge in [-0.05, 0) is 60.5 Å². The standard InChI is InChI=1S/C21H23NO4S/c1-15-4-9-21(16(2)12-15)26-11-10-22-27(23,24)20-8-6-17-13-19(25-3)7-5-18(17)14-20/h4-9,12-14,22H,10-11H2,1-3H3. The van der Waals surface area contributed by atoms with E-state index in [1.807, 2.05) is 50.2 Å². The molecule has 0 aliphatic carbocycles. The fourth-order valence-electron chi connectivity index (χ4n) is 2.88. The average molecular weight is 385 g/mol. The highest BCUT2D eigenvalue weighted by molar-refractivity contribution is 7.89. The number of rotatable bonds is 7. The summed E-state index contributed by atoms with van der Waals surface area (Å²) in [5.74, 6) is 1.50. The van der Waals surface area contributed by atoms with E-state index in [2.05, 4.69) is 4.72 Å². The lowest BCUT2D eigenvalue weighted by Crippen LogP contribution is -2.28. The summed E-state index contributed by atoms with van der Waals surface area (Å²) in [5, 5.41) is 1.76. The smallest absolute Gasteiger partial charge is 0.240 e. The zero-order valence-corrected chi connectivity index (χ0v) is 16.5. The Labute approximate surface area is 160 Å². The van der Waals surface area contributed by atoms with E-state index in [9.17, 15) is 8.42 Å². The second kappa shape index (κ2) is 7.98. The fraction of sp³-hybridized carbons (Fsp3) is 0.238. The summed E-state index contributed by atoms with van der Waals surface area (Å²) in [6.45, 7) is 4.44. The van der Waals surface area contributed by atoms with Crippen LogP contribution in [0.5, 0.6) is 11.5 Å². The monoisotopic (exact) mass is 385 g/mol. The van der Waals surface area contributed by atoms with E-state index in [0.717, 1.165) is 33.4 Å². The first-order valence-corrected chi connectivity index (χ1v) is 10.1. The molecule has 3 aromatic rings.